The van der Waals surface area contributed by atoms with Crippen LogP contribution in [0.1, 0.15) is 37.8 Å². The molecule has 2 heterocycles. The molecule has 0 radical (unpaired) electrons. The Morgan fingerprint density at radius 2 is 1.90 bits per heavy atom. The van der Waals surface area contributed by atoms with E-state index in [1.165, 1.54) is 4.90 Å². The maximum Gasteiger partial charge on any atom is 0.327 e. The van der Waals surface area contributed by atoms with Crippen molar-refractivity contribution < 1.29 is 23.6 Å². The number of hydrogen-bond donors (Lipinski definition) is 0. The van der Waals surface area contributed by atoms with E-state index in [-0.39, 0.29) is 12.5 Å². The first-order chi connectivity index (χ1) is 14.0. The van der Waals surface area contributed by atoms with Crippen LogP contribution < -0.4 is 0 Å². The van der Waals surface area contributed by atoms with Crippen molar-refractivity contribution in [2.75, 3.05) is 13.6 Å². The molecule has 29 heavy (non-hydrogen) atoms. The SMILES string of the molecule is CN1C(=O)N(CC(=O)OCc2cc(-c3ccccc3)on2)C(=O)C12CCCCC2. The van der Waals surface area contributed by atoms with Crippen LogP contribution in [0.4, 0.5) is 4.79 Å². The standard InChI is InChI=1S/C21H23N3O5/c1-23-20(27)24(19(26)21(23)10-6-3-7-11-21)13-18(25)28-14-16-12-17(29-22-16)15-8-4-2-5-9-15/h2,4-5,8-9,12H,3,6-7,10-11,13-14H2,1H3. The topological polar surface area (TPSA) is 93.0 Å². The first-order valence-corrected chi connectivity index (χ1v) is 9.78. The molecule has 2 fully saturated rings. The van der Waals surface area contributed by atoms with Crippen LogP contribution in [0.25, 0.3) is 11.3 Å². The molecule has 0 unspecified atom stereocenters. The molecule has 0 bridgehead atoms. The average molecular weight is 397 g/mol. The summed E-state index contributed by atoms with van der Waals surface area (Å²) in [5.41, 5.74) is 0.524. The van der Waals surface area contributed by atoms with Crippen molar-refractivity contribution in [3.63, 3.8) is 0 Å². The number of urea groups is 1. The normalized spacial score (nSPS) is 18.5. The van der Waals surface area contributed by atoms with Crippen molar-refractivity contribution >= 4 is 17.9 Å². The van der Waals surface area contributed by atoms with Crippen LogP contribution in [0.15, 0.2) is 40.9 Å². The van der Waals surface area contributed by atoms with E-state index in [9.17, 15) is 14.4 Å². The highest BCUT2D eigenvalue weighted by atomic mass is 16.5. The fourth-order valence-corrected chi connectivity index (χ4v) is 4.12. The van der Waals surface area contributed by atoms with Crippen molar-refractivity contribution in [3.05, 3.63) is 42.1 Å². The lowest BCUT2D eigenvalue weighted by atomic mass is 9.81. The molecule has 8 nitrogen and oxygen atoms in total. The number of benzene rings is 1. The Hall–Kier alpha value is -3.16. The highest BCUT2D eigenvalue weighted by Crippen LogP contribution is 2.39. The fraction of sp³-hybridized carbons (Fsp3) is 0.429. The highest BCUT2D eigenvalue weighted by molar-refractivity contribution is 6.08. The monoisotopic (exact) mass is 397 g/mol. The number of rotatable bonds is 5. The van der Waals surface area contributed by atoms with Crippen molar-refractivity contribution in [1.82, 2.24) is 15.0 Å². The van der Waals surface area contributed by atoms with Gasteiger partial charge < -0.3 is 14.2 Å². The minimum atomic E-state index is -0.799. The molecule has 0 atom stereocenters. The van der Waals surface area contributed by atoms with Crippen molar-refractivity contribution in [2.45, 2.75) is 44.2 Å². The van der Waals surface area contributed by atoms with Crippen LogP contribution in [0.3, 0.4) is 0 Å². The quantitative estimate of drug-likeness (QED) is 0.569. The average Bonchev–Trinajstić information content (AvgIpc) is 3.29. The van der Waals surface area contributed by atoms with Gasteiger partial charge in [0.2, 0.25) is 0 Å². The Bertz CT molecular complexity index is 917. The first-order valence-electron chi connectivity index (χ1n) is 9.78. The van der Waals surface area contributed by atoms with Gasteiger partial charge in [-0.1, -0.05) is 54.8 Å². The van der Waals surface area contributed by atoms with Gasteiger partial charge in [0.25, 0.3) is 5.91 Å². The van der Waals surface area contributed by atoms with E-state index in [0.29, 0.717) is 24.3 Å². The summed E-state index contributed by atoms with van der Waals surface area (Å²) in [7, 11) is 1.64. The second-order valence-corrected chi connectivity index (χ2v) is 7.53. The molecule has 1 spiro atoms. The van der Waals surface area contributed by atoms with E-state index in [2.05, 4.69) is 5.16 Å². The van der Waals surface area contributed by atoms with Crippen LogP contribution >= 0.6 is 0 Å². The van der Waals surface area contributed by atoms with Gasteiger partial charge >= 0.3 is 12.0 Å². The van der Waals surface area contributed by atoms with E-state index in [1.54, 1.807) is 13.1 Å². The fourth-order valence-electron chi connectivity index (χ4n) is 4.12. The summed E-state index contributed by atoms with van der Waals surface area (Å²) in [6.45, 7) is -0.487. The molecule has 3 amide bonds. The Morgan fingerprint density at radius 1 is 1.17 bits per heavy atom. The lowest BCUT2D eigenvalue weighted by Crippen LogP contribution is -2.49. The Morgan fingerprint density at radius 3 is 2.62 bits per heavy atom. The van der Waals surface area contributed by atoms with Crippen LogP contribution in [0.2, 0.25) is 0 Å². The number of likely N-dealkylation sites (N-methyl/N-ethyl adjacent to an activating group) is 1. The van der Waals surface area contributed by atoms with Gasteiger partial charge in [-0.2, -0.15) is 0 Å². The molecule has 152 valence electrons. The van der Waals surface area contributed by atoms with E-state index in [1.807, 2.05) is 30.3 Å². The van der Waals surface area contributed by atoms with Gasteiger partial charge in [-0.15, -0.1) is 0 Å². The predicted octanol–water partition coefficient (Wildman–Crippen LogP) is 2.98. The lowest BCUT2D eigenvalue weighted by molar-refractivity contribution is -0.149. The largest absolute Gasteiger partial charge is 0.458 e. The van der Waals surface area contributed by atoms with Gasteiger partial charge in [0.1, 0.15) is 24.4 Å². The molecular formula is C21H23N3O5. The van der Waals surface area contributed by atoms with Gasteiger partial charge in [0.05, 0.1) is 0 Å². The molecule has 1 aliphatic carbocycles. The molecule has 1 aromatic carbocycles. The predicted molar refractivity (Wildman–Crippen MR) is 102 cm³/mol. The number of carbonyl (C=O) groups excluding carboxylic acids is 3. The number of ether oxygens (including phenoxy) is 1. The molecular weight excluding hydrogens is 374 g/mol. The van der Waals surface area contributed by atoms with Crippen LogP contribution in [-0.4, -0.2) is 52.0 Å². The van der Waals surface area contributed by atoms with E-state index in [4.69, 9.17) is 9.26 Å². The number of aromatic nitrogens is 1. The third-order valence-electron chi connectivity index (χ3n) is 5.77. The molecule has 2 aromatic rings. The van der Waals surface area contributed by atoms with Crippen LogP contribution in [0.5, 0.6) is 0 Å². The number of nitrogens with zero attached hydrogens (tertiary/aromatic N) is 3. The lowest BCUT2D eigenvalue weighted by Gasteiger charge is -2.35. The summed E-state index contributed by atoms with van der Waals surface area (Å²) in [4.78, 5) is 40.2. The maximum atomic E-state index is 12.9. The number of imide groups is 1. The number of carbonyl (C=O) groups is 3. The van der Waals surface area contributed by atoms with Gasteiger partial charge in [0, 0.05) is 18.7 Å². The molecule has 2 aliphatic rings. The van der Waals surface area contributed by atoms with Gasteiger partial charge in [-0.25, -0.2) is 4.79 Å². The summed E-state index contributed by atoms with van der Waals surface area (Å²) < 4.78 is 10.5. The summed E-state index contributed by atoms with van der Waals surface area (Å²) in [5, 5.41) is 3.90. The zero-order valence-corrected chi connectivity index (χ0v) is 16.3. The minimum Gasteiger partial charge on any atom is -0.458 e. The summed E-state index contributed by atoms with van der Waals surface area (Å²) in [6.07, 6.45) is 4.14. The number of hydrogen-bond acceptors (Lipinski definition) is 6. The number of esters is 1. The maximum absolute atomic E-state index is 12.9. The van der Waals surface area contributed by atoms with Crippen molar-refractivity contribution in [2.24, 2.45) is 0 Å². The van der Waals surface area contributed by atoms with E-state index >= 15 is 0 Å². The van der Waals surface area contributed by atoms with Crippen molar-refractivity contribution in [3.8, 4) is 11.3 Å². The zero-order valence-electron chi connectivity index (χ0n) is 16.3. The Labute approximate surface area is 168 Å². The van der Waals surface area contributed by atoms with Gasteiger partial charge in [0.15, 0.2) is 5.76 Å². The first kappa shape index (κ1) is 19.2. The van der Waals surface area contributed by atoms with E-state index < -0.39 is 24.1 Å². The third kappa shape index (κ3) is 3.50. The third-order valence-corrected chi connectivity index (χ3v) is 5.77. The molecule has 1 saturated carbocycles. The summed E-state index contributed by atoms with van der Waals surface area (Å²) >= 11 is 0. The zero-order chi connectivity index (χ0) is 20.4. The Balaban J connectivity index is 1.36. The highest BCUT2D eigenvalue weighted by Gasteiger charge is 2.55. The Kier molecular flexibility index (Phi) is 5.08. The molecule has 1 aromatic heterocycles. The molecule has 8 heteroatoms. The van der Waals surface area contributed by atoms with Crippen LogP contribution in [0, 0.1) is 0 Å². The number of amides is 3. The van der Waals surface area contributed by atoms with Gasteiger partial charge in [-0.05, 0) is 12.8 Å². The molecule has 4 rings (SSSR count). The smallest absolute Gasteiger partial charge is 0.327 e. The second kappa shape index (κ2) is 7.69. The molecule has 0 N–H and O–H groups in total. The molecule has 1 saturated heterocycles. The second-order valence-electron chi connectivity index (χ2n) is 7.53. The van der Waals surface area contributed by atoms with Crippen molar-refractivity contribution in [1.29, 1.82) is 0 Å². The minimum absolute atomic E-state index is 0.0909. The summed E-state index contributed by atoms with van der Waals surface area (Å²) in [6, 6.07) is 10.7. The van der Waals surface area contributed by atoms with Gasteiger partial charge in [-0.3, -0.25) is 14.5 Å². The van der Waals surface area contributed by atoms with E-state index in [0.717, 1.165) is 29.7 Å². The summed E-state index contributed by atoms with van der Waals surface area (Å²) in [5.74, 6) is -0.380. The van der Waals surface area contributed by atoms with Crippen LogP contribution in [-0.2, 0) is 20.9 Å². The molecule has 1 aliphatic heterocycles.